The van der Waals surface area contributed by atoms with Crippen LogP contribution in [0.25, 0.3) is 0 Å². The van der Waals surface area contributed by atoms with Crippen LogP contribution >= 0.6 is 0 Å². The van der Waals surface area contributed by atoms with Crippen molar-refractivity contribution in [2.45, 2.75) is 19.8 Å². The van der Waals surface area contributed by atoms with Crippen LogP contribution in [0.5, 0.6) is 0 Å². The lowest BCUT2D eigenvalue weighted by atomic mass is 10.3. The third-order valence-electron chi connectivity index (χ3n) is 2.12. The van der Waals surface area contributed by atoms with Gasteiger partial charge < -0.3 is 20.6 Å². The fourth-order valence-corrected chi connectivity index (χ4v) is 1.27. The highest BCUT2D eigenvalue weighted by atomic mass is 16.4. The van der Waals surface area contributed by atoms with E-state index >= 15 is 0 Å². The smallest absolute Gasteiger partial charge is 0.323 e. The largest absolute Gasteiger partial charge is 0.480 e. The summed E-state index contributed by atoms with van der Waals surface area (Å²) >= 11 is 0. The van der Waals surface area contributed by atoms with Crippen LogP contribution in [0, 0.1) is 0 Å². The Labute approximate surface area is 100 Å². The zero-order chi connectivity index (χ0) is 13.4. The molecule has 0 unspecified atom stereocenters. The standard InChI is InChI=1S/C10H19N3O4/c1-3-4-5-12(2)10(17)13(6-8(11)14)7-9(15)16/h3-7H2,1-2H3,(H2,11,14)(H,15,16). The third-order valence-corrected chi connectivity index (χ3v) is 2.12. The van der Waals surface area contributed by atoms with Gasteiger partial charge in [0.15, 0.2) is 0 Å². The molecule has 3 N–H and O–H groups in total. The molecule has 0 aliphatic carbocycles. The lowest BCUT2D eigenvalue weighted by molar-refractivity contribution is -0.138. The van der Waals surface area contributed by atoms with E-state index in [4.69, 9.17) is 10.8 Å². The monoisotopic (exact) mass is 245 g/mol. The van der Waals surface area contributed by atoms with Gasteiger partial charge in [0.25, 0.3) is 0 Å². The number of carboxylic acid groups (broad SMARTS) is 1. The quantitative estimate of drug-likeness (QED) is 0.643. The van der Waals surface area contributed by atoms with Gasteiger partial charge in [-0.15, -0.1) is 0 Å². The molecule has 0 spiro atoms. The Kier molecular flexibility index (Phi) is 6.69. The second kappa shape index (κ2) is 7.48. The SMILES string of the molecule is CCCCN(C)C(=O)N(CC(N)=O)CC(=O)O. The minimum atomic E-state index is -1.18. The zero-order valence-corrected chi connectivity index (χ0v) is 10.2. The maximum absolute atomic E-state index is 11.8. The van der Waals surface area contributed by atoms with Crippen LogP contribution < -0.4 is 5.73 Å². The average molecular weight is 245 g/mol. The third kappa shape index (κ3) is 6.39. The predicted octanol–water partition coefficient (Wildman–Crippen LogP) is -0.290. The molecular formula is C10H19N3O4. The molecule has 0 aliphatic heterocycles. The highest BCUT2D eigenvalue weighted by Crippen LogP contribution is 1.99. The van der Waals surface area contributed by atoms with Crippen molar-refractivity contribution in [1.82, 2.24) is 9.80 Å². The number of hydrogen-bond donors (Lipinski definition) is 2. The Bertz CT molecular complexity index is 277. The zero-order valence-electron chi connectivity index (χ0n) is 10.2. The van der Waals surface area contributed by atoms with E-state index in [1.54, 1.807) is 7.05 Å². The highest BCUT2D eigenvalue weighted by Gasteiger charge is 2.21. The Morgan fingerprint density at radius 1 is 1.24 bits per heavy atom. The van der Waals surface area contributed by atoms with Crippen molar-refractivity contribution in [3.05, 3.63) is 0 Å². The molecule has 7 nitrogen and oxygen atoms in total. The molecule has 7 heteroatoms. The van der Waals surface area contributed by atoms with Crippen LogP contribution in [0.15, 0.2) is 0 Å². The molecule has 0 aromatic carbocycles. The molecule has 0 saturated heterocycles. The molecule has 17 heavy (non-hydrogen) atoms. The number of amides is 3. The van der Waals surface area contributed by atoms with E-state index in [0.29, 0.717) is 6.54 Å². The van der Waals surface area contributed by atoms with E-state index in [1.165, 1.54) is 4.90 Å². The number of urea groups is 1. The number of carbonyl (C=O) groups excluding carboxylic acids is 2. The Morgan fingerprint density at radius 3 is 2.24 bits per heavy atom. The Morgan fingerprint density at radius 2 is 1.82 bits per heavy atom. The van der Waals surface area contributed by atoms with Crippen molar-refractivity contribution < 1.29 is 19.5 Å². The summed E-state index contributed by atoms with van der Waals surface area (Å²) in [6, 6.07) is -0.500. The normalized spacial score (nSPS) is 9.76. The molecule has 0 saturated carbocycles. The van der Waals surface area contributed by atoms with Crippen LogP contribution in [-0.4, -0.2) is 59.5 Å². The highest BCUT2D eigenvalue weighted by molar-refractivity contribution is 5.85. The fourth-order valence-electron chi connectivity index (χ4n) is 1.27. The van der Waals surface area contributed by atoms with Crippen molar-refractivity contribution >= 4 is 17.9 Å². The average Bonchev–Trinajstić information content (AvgIpc) is 2.22. The van der Waals surface area contributed by atoms with Crippen molar-refractivity contribution in [3.8, 4) is 0 Å². The van der Waals surface area contributed by atoms with Gasteiger partial charge in [-0.2, -0.15) is 0 Å². The predicted molar refractivity (Wildman–Crippen MR) is 61.3 cm³/mol. The van der Waals surface area contributed by atoms with Gasteiger partial charge >= 0.3 is 12.0 Å². The molecule has 0 aromatic heterocycles. The van der Waals surface area contributed by atoms with Gasteiger partial charge in [-0.05, 0) is 6.42 Å². The number of primary amides is 1. The molecule has 98 valence electrons. The van der Waals surface area contributed by atoms with Crippen LogP contribution in [0.1, 0.15) is 19.8 Å². The molecule has 0 fully saturated rings. The first kappa shape index (κ1) is 15.2. The number of rotatable bonds is 7. The summed E-state index contributed by atoms with van der Waals surface area (Å²) in [4.78, 5) is 35.4. The number of nitrogens with two attached hydrogens (primary N) is 1. The van der Waals surface area contributed by atoms with Crippen molar-refractivity contribution in [2.75, 3.05) is 26.7 Å². The van der Waals surface area contributed by atoms with E-state index in [0.717, 1.165) is 17.7 Å². The van der Waals surface area contributed by atoms with E-state index in [9.17, 15) is 14.4 Å². The van der Waals surface area contributed by atoms with Gasteiger partial charge in [0.1, 0.15) is 13.1 Å². The van der Waals surface area contributed by atoms with E-state index in [2.05, 4.69) is 0 Å². The van der Waals surface area contributed by atoms with Gasteiger partial charge in [-0.1, -0.05) is 13.3 Å². The summed E-state index contributed by atoms with van der Waals surface area (Å²) < 4.78 is 0. The van der Waals surface area contributed by atoms with Gasteiger partial charge in [0, 0.05) is 13.6 Å². The minimum Gasteiger partial charge on any atom is -0.480 e. The summed E-state index contributed by atoms with van der Waals surface area (Å²) in [5, 5.41) is 8.64. The topological polar surface area (TPSA) is 104 Å². The van der Waals surface area contributed by atoms with Crippen LogP contribution in [0.4, 0.5) is 4.79 Å². The maximum atomic E-state index is 11.8. The van der Waals surface area contributed by atoms with Crippen molar-refractivity contribution in [2.24, 2.45) is 5.73 Å². The molecule has 0 aromatic rings. The number of carboxylic acids is 1. The molecule has 3 amide bonds. The number of unbranched alkanes of at least 4 members (excludes halogenated alkanes) is 1. The van der Waals surface area contributed by atoms with Crippen LogP contribution in [0.2, 0.25) is 0 Å². The number of carbonyl (C=O) groups is 3. The van der Waals surface area contributed by atoms with E-state index in [-0.39, 0.29) is 6.54 Å². The lowest BCUT2D eigenvalue weighted by Gasteiger charge is -2.25. The van der Waals surface area contributed by atoms with Gasteiger partial charge in [-0.3, -0.25) is 9.59 Å². The molecule has 0 rings (SSSR count). The summed E-state index contributed by atoms with van der Waals surface area (Å²) in [6.45, 7) is 1.58. The van der Waals surface area contributed by atoms with Crippen LogP contribution in [-0.2, 0) is 9.59 Å². The van der Waals surface area contributed by atoms with Crippen molar-refractivity contribution in [1.29, 1.82) is 0 Å². The summed E-state index contributed by atoms with van der Waals surface area (Å²) in [7, 11) is 1.56. The Hall–Kier alpha value is -1.79. The minimum absolute atomic E-state index is 0.387. The van der Waals surface area contributed by atoms with E-state index < -0.39 is 24.5 Å². The number of aliphatic carboxylic acids is 1. The maximum Gasteiger partial charge on any atom is 0.323 e. The van der Waals surface area contributed by atoms with E-state index in [1.807, 2.05) is 6.92 Å². The van der Waals surface area contributed by atoms with Gasteiger partial charge in [0.05, 0.1) is 0 Å². The van der Waals surface area contributed by atoms with Gasteiger partial charge in [-0.25, -0.2) is 4.79 Å². The molecule has 0 radical (unpaired) electrons. The number of hydrogen-bond acceptors (Lipinski definition) is 3. The second-order valence-corrected chi connectivity index (χ2v) is 3.77. The van der Waals surface area contributed by atoms with Crippen molar-refractivity contribution in [3.63, 3.8) is 0 Å². The molecule has 0 heterocycles. The molecular weight excluding hydrogens is 226 g/mol. The van der Waals surface area contributed by atoms with Crippen LogP contribution in [0.3, 0.4) is 0 Å². The second-order valence-electron chi connectivity index (χ2n) is 3.77. The molecule has 0 aliphatic rings. The summed E-state index contributed by atoms with van der Waals surface area (Å²) in [5.41, 5.74) is 4.96. The fraction of sp³-hybridized carbons (Fsp3) is 0.700. The number of nitrogens with zero attached hydrogens (tertiary/aromatic N) is 2. The molecule has 0 bridgehead atoms. The van der Waals surface area contributed by atoms with Gasteiger partial charge in [0.2, 0.25) is 5.91 Å². The lowest BCUT2D eigenvalue weighted by Crippen LogP contribution is -2.47. The Balaban J connectivity index is 4.49. The first-order valence-electron chi connectivity index (χ1n) is 5.38. The molecule has 0 atom stereocenters. The first-order chi connectivity index (χ1) is 7.88. The summed E-state index contributed by atoms with van der Waals surface area (Å²) in [6.07, 6.45) is 1.74. The first-order valence-corrected chi connectivity index (χ1v) is 5.38. The summed E-state index contributed by atoms with van der Waals surface area (Å²) in [5.74, 6) is -1.91.